The summed E-state index contributed by atoms with van der Waals surface area (Å²) in [5.41, 5.74) is -0.182. The fraction of sp³-hybridized carbons (Fsp3) is 0.680. The molecule has 1 rings (SSSR count). The number of aliphatic imine (C=N–C) groups is 1. The van der Waals surface area contributed by atoms with Crippen LogP contribution < -0.4 is 10.1 Å². The Balaban J connectivity index is 2.94. The van der Waals surface area contributed by atoms with Gasteiger partial charge in [-0.15, -0.1) is 0 Å². The summed E-state index contributed by atoms with van der Waals surface area (Å²) in [5, 5.41) is 12.5. The minimum atomic E-state index is -2.81. The molecule has 1 atom stereocenters. The molecule has 0 aliphatic rings. The topological polar surface area (TPSA) is 70.9 Å². The van der Waals surface area contributed by atoms with Gasteiger partial charge in [0.2, 0.25) is 0 Å². The number of nitrogens with zero attached hydrogens (tertiary/aromatic N) is 1. The molecule has 1 aromatic carbocycles. The number of nitrogens with one attached hydrogen (secondary N) is 1. The normalized spacial score (nSPS) is 12.8. The molecule has 8 heteroatoms. The van der Waals surface area contributed by atoms with Crippen LogP contribution in [0.15, 0.2) is 17.1 Å². The summed E-state index contributed by atoms with van der Waals surface area (Å²) in [6, 6.07) is 2.27. The molecule has 0 bridgehead atoms. The van der Waals surface area contributed by atoms with Gasteiger partial charge in [0, 0.05) is 0 Å². The van der Waals surface area contributed by atoms with E-state index in [4.69, 9.17) is 4.74 Å². The molecule has 2 N–H and O–H groups in total. The Labute approximate surface area is 202 Å². The molecule has 1 unspecified atom stereocenters. The first-order valence-corrected chi connectivity index (χ1v) is 20.1. The Morgan fingerprint density at radius 3 is 2.00 bits per heavy atom. The van der Waals surface area contributed by atoms with E-state index >= 15 is 0 Å². The van der Waals surface area contributed by atoms with Gasteiger partial charge in [0.05, 0.1) is 0 Å². The number of halogens is 2. The molecule has 5 nitrogen and oxygen atoms in total. The summed E-state index contributed by atoms with van der Waals surface area (Å²) in [4.78, 5) is 15.9. The third-order valence-electron chi connectivity index (χ3n) is 6.41. The number of rotatable bonds is 17. The van der Waals surface area contributed by atoms with Crippen LogP contribution >= 0.6 is 0 Å². The maximum atomic E-state index is 14.1. The van der Waals surface area contributed by atoms with E-state index in [2.05, 4.69) is 31.1 Å². The van der Waals surface area contributed by atoms with Crippen LogP contribution in [-0.4, -0.2) is 53.5 Å². The summed E-state index contributed by atoms with van der Waals surface area (Å²) in [6.07, 6.45) is 8.57. The fourth-order valence-corrected chi connectivity index (χ4v) is 22.2. The molecule has 1 aromatic rings. The molecule has 0 saturated heterocycles. The van der Waals surface area contributed by atoms with Crippen molar-refractivity contribution in [1.82, 2.24) is 5.32 Å². The molecule has 0 saturated carbocycles. The standard InChI is InChI=1S/C13H15F2N2O3.3C4H9.Sn/c1-20-9-6-11(14)10(12(15)7-9)8-16-4-2-3-5-17-13(18)19;3*1-3-4-2;/h5-8,17H,2-4H2,1H3,(H,18,19);3*1,3-4H2,2H3;. The number of hydrogen-bond donors (Lipinski definition) is 2. The number of carbonyl (C=O) groups is 1. The third-order valence-corrected chi connectivity index (χ3v) is 23.4. The van der Waals surface area contributed by atoms with Crippen LogP contribution in [0.4, 0.5) is 13.6 Å². The van der Waals surface area contributed by atoms with Crippen LogP contribution in [-0.2, 0) is 0 Å². The Morgan fingerprint density at radius 1 is 1.06 bits per heavy atom. The summed E-state index contributed by atoms with van der Waals surface area (Å²) >= 11 is -2.81. The quantitative estimate of drug-likeness (QED) is 0.117. The molecule has 33 heavy (non-hydrogen) atoms. The van der Waals surface area contributed by atoms with Crippen LogP contribution in [0.3, 0.4) is 0 Å². The van der Waals surface area contributed by atoms with E-state index in [0.717, 1.165) is 57.1 Å². The number of methoxy groups -OCH3 is 1. The van der Waals surface area contributed by atoms with Crippen molar-refractivity contribution in [2.24, 2.45) is 4.99 Å². The predicted octanol–water partition coefficient (Wildman–Crippen LogP) is 7.20. The zero-order valence-electron chi connectivity index (χ0n) is 20.8. The molecule has 188 valence electrons. The van der Waals surface area contributed by atoms with Crippen molar-refractivity contribution in [2.75, 3.05) is 13.7 Å². The zero-order chi connectivity index (χ0) is 24.7. The van der Waals surface area contributed by atoms with E-state index < -0.39 is 36.1 Å². The molecule has 0 aliphatic heterocycles. The van der Waals surface area contributed by atoms with E-state index in [0.29, 0.717) is 13.0 Å². The van der Waals surface area contributed by atoms with E-state index in [1.165, 1.54) is 26.6 Å². The van der Waals surface area contributed by atoms with Crippen LogP contribution in [0.1, 0.15) is 77.7 Å². The number of amides is 1. The average molecular weight is 575 g/mol. The molecular weight excluding hydrogens is 533 g/mol. The van der Waals surface area contributed by atoms with Crippen molar-refractivity contribution in [3.8, 4) is 5.75 Å². The van der Waals surface area contributed by atoms with Crippen molar-refractivity contribution in [3.05, 3.63) is 29.3 Å². The predicted molar refractivity (Wildman–Crippen MR) is 134 cm³/mol. The van der Waals surface area contributed by atoms with Gasteiger partial charge >= 0.3 is 203 Å². The number of carboxylic acid groups (broad SMARTS) is 1. The summed E-state index contributed by atoms with van der Waals surface area (Å²) in [7, 11) is 1.36. The van der Waals surface area contributed by atoms with Gasteiger partial charge in [0.25, 0.3) is 0 Å². The first-order valence-electron chi connectivity index (χ1n) is 12.4. The van der Waals surface area contributed by atoms with Gasteiger partial charge in [0.1, 0.15) is 0 Å². The second-order valence-electron chi connectivity index (χ2n) is 8.86. The first-order chi connectivity index (χ1) is 15.8. The summed E-state index contributed by atoms with van der Waals surface area (Å²) < 4.78 is 36.8. The summed E-state index contributed by atoms with van der Waals surface area (Å²) in [6.45, 7) is 6.99. The van der Waals surface area contributed by atoms with Crippen molar-refractivity contribution in [3.63, 3.8) is 0 Å². The summed E-state index contributed by atoms with van der Waals surface area (Å²) in [5.74, 6) is -1.30. The number of benzene rings is 1. The van der Waals surface area contributed by atoms with Crippen molar-refractivity contribution < 1.29 is 23.4 Å². The second-order valence-corrected chi connectivity index (χ2v) is 22.9. The number of ether oxygens (including phenoxy) is 1. The Morgan fingerprint density at radius 2 is 1.58 bits per heavy atom. The Bertz CT molecular complexity index is 702. The molecular formula is C25H42F2N2O3Sn. The van der Waals surface area contributed by atoms with Crippen LogP contribution in [0.2, 0.25) is 13.3 Å². The minimum absolute atomic E-state index is 0.0473. The van der Waals surface area contributed by atoms with Gasteiger partial charge in [-0.3, -0.25) is 0 Å². The maximum absolute atomic E-state index is 14.1. The Hall–Kier alpha value is -1.38. The number of unbranched alkanes of at least 4 members (excludes halogenated alkanes) is 3. The molecule has 0 radical (unpaired) electrons. The number of hydrogen-bond acceptors (Lipinski definition) is 3. The first kappa shape index (κ1) is 29.7. The van der Waals surface area contributed by atoms with Crippen LogP contribution in [0, 0.1) is 11.6 Å². The van der Waals surface area contributed by atoms with E-state index in [-0.39, 0.29) is 15.4 Å². The third kappa shape index (κ3) is 10.2. The van der Waals surface area contributed by atoms with E-state index in [1.807, 2.05) is 0 Å². The molecule has 0 spiro atoms. The second kappa shape index (κ2) is 16.3. The van der Waals surface area contributed by atoms with Gasteiger partial charge in [-0.25, -0.2) is 0 Å². The van der Waals surface area contributed by atoms with Crippen molar-refractivity contribution in [2.45, 2.75) is 89.5 Å². The Kier molecular flexibility index (Phi) is 14.6. The molecule has 1 amide bonds. The van der Waals surface area contributed by atoms with Gasteiger partial charge in [-0.2, -0.15) is 0 Å². The van der Waals surface area contributed by atoms with Gasteiger partial charge < -0.3 is 0 Å². The molecule has 0 fully saturated rings. The molecule has 0 aromatic heterocycles. The van der Waals surface area contributed by atoms with Crippen molar-refractivity contribution >= 4 is 30.7 Å². The van der Waals surface area contributed by atoms with Gasteiger partial charge in [-0.1, -0.05) is 0 Å². The van der Waals surface area contributed by atoms with E-state index in [9.17, 15) is 18.7 Å². The zero-order valence-corrected chi connectivity index (χ0v) is 23.6. The van der Waals surface area contributed by atoms with Gasteiger partial charge in [0.15, 0.2) is 0 Å². The fourth-order valence-electron chi connectivity index (χ4n) is 4.51. The average Bonchev–Trinajstić information content (AvgIpc) is 2.79. The van der Waals surface area contributed by atoms with Crippen molar-refractivity contribution in [1.29, 1.82) is 0 Å². The SMILES string of the molecule is CCC[CH2][Sn]([CH2]CCC)([CH2]CCC)[CH](CCCN=Cc1c(F)cc(OC)cc1F)NC(=O)O. The molecule has 0 aliphatic carbocycles. The van der Waals surface area contributed by atoms with Crippen LogP contribution in [0.25, 0.3) is 0 Å². The molecule has 0 heterocycles. The van der Waals surface area contributed by atoms with Crippen LogP contribution in [0.5, 0.6) is 5.75 Å². The van der Waals surface area contributed by atoms with Gasteiger partial charge in [-0.05, 0) is 0 Å². The monoisotopic (exact) mass is 576 g/mol. The van der Waals surface area contributed by atoms with E-state index in [1.54, 1.807) is 0 Å².